The van der Waals surface area contributed by atoms with Crippen LogP contribution in [-0.4, -0.2) is 25.6 Å². The number of unbranched alkanes of at least 4 members (excludes halogenated alkanes) is 3. The molecule has 0 rings (SSSR count). The van der Waals surface area contributed by atoms with Crippen LogP contribution in [0.1, 0.15) is 66.2 Å². The van der Waals surface area contributed by atoms with Crippen molar-refractivity contribution in [1.29, 1.82) is 0 Å². The van der Waals surface area contributed by atoms with Gasteiger partial charge >= 0.3 is 0 Å². The predicted molar refractivity (Wildman–Crippen MR) is 91.6 cm³/mol. The summed E-state index contributed by atoms with van der Waals surface area (Å²) in [5.41, 5.74) is 0. The average Bonchev–Trinajstić information content (AvgIpc) is 2.47. The zero-order valence-electron chi connectivity index (χ0n) is 14.2. The van der Waals surface area contributed by atoms with Gasteiger partial charge in [0.05, 0.1) is 12.2 Å². The molecule has 0 amide bonds. The van der Waals surface area contributed by atoms with E-state index in [1.165, 1.54) is 56.7 Å². The summed E-state index contributed by atoms with van der Waals surface area (Å²) < 4.78 is 6.51. The van der Waals surface area contributed by atoms with E-state index in [0.717, 1.165) is 0 Å². The minimum Gasteiger partial charge on any atom is -0.411 e. The van der Waals surface area contributed by atoms with Crippen molar-refractivity contribution in [3.8, 4) is 0 Å². The van der Waals surface area contributed by atoms with Crippen molar-refractivity contribution in [2.45, 2.75) is 96.6 Å². The van der Waals surface area contributed by atoms with Gasteiger partial charge in [-0.15, -0.1) is 6.58 Å². The van der Waals surface area contributed by atoms with Gasteiger partial charge in [-0.25, -0.2) is 0 Å². The standard InChI is InChI=1S/C17H36O2Si/c1-6-10-13-20(14-11-7-2,15-12-8-3)19-16(5)17(18)9-4/h9,16-18H,4,6-8,10-15H2,1-3,5H3. The monoisotopic (exact) mass is 300 g/mol. The molecule has 2 nitrogen and oxygen atoms in total. The smallest absolute Gasteiger partial charge is 0.193 e. The lowest BCUT2D eigenvalue weighted by Crippen LogP contribution is -2.44. The lowest BCUT2D eigenvalue weighted by Gasteiger charge is -2.36. The summed E-state index contributed by atoms with van der Waals surface area (Å²) in [5.74, 6) is 0. The molecule has 0 aromatic rings. The molecule has 0 heterocycles. The SMILES string of the molecule is C=CC(O)C(C)O[Si](CCCC)(CCCC)CCCC. The molecule has 0 saturated heterocycles. The van der Waals surface area contributed by atoms with Crippen LogP contribution in [-0.2, 0) is 4.43 Å². The Morgan fingerprint density at radius 3 is 1.70 bits per heavy atom. The van der Waals surface area contributed by atoms with E-state index in [9.17, 15) is 5.11 Å². The van der Waals surface area contributed by atoms with E-state index in [4.69, 9.17) is 4.43 Å². The van der Waals surface area contributed by atoms with Crippen LogP contribution >= 0.6 is 0 Å². The maximum absolute atomic E-state index is 9.95. The molecule has 3 heteroatoms. The summed E-state index contributed by atoms with van der Waals surface area (Å²) in [7, 11) is -1.71. The quantitative estimate of drug-likeness (QED) is 0.370. The summed E-state index contributed by atoms with van der Waals surface area (Å²) in [6, 6.07) is 3.74. The van der Waals surface area contributed by atoms with Crippen molar-refractivity contribution >= 4 is 8.32 Å². The Balaban J connectivity index is 4.86. The van der Waals surface area contributed by atoms with Gasteiger partial charge in [-0.3, -0.25) is 0 Å². The number of aliphatic hydroxyl groups is 1. The molecule has 120 valence electrons. The molecule has 0 aliphatic heterocycles. The first kappa shape index (κ1) is 19.9. The van der Waals surface area contributed by atoms with Crippen LogP contribution in [0.3, 0.4) is 0 Å². The Labute approximate surface area is 127 Å². The molecule has 2 atom stereocenters. The maximum Gasteiger partial charge on any atom is 0.193 e. The highest BCUT2D eigenvalue weighted by Gasteiger charge is 2.35. The molecule has 0 fully saturated rings. The highest BCUT2D eigenvalue weighted by Crippen LogP contribution is 2.31. The van der Waals surface area contributed by atoms with Crippen LogP contribution in [0.15, 0.2) is 12.7 Å². The molecule has 0 aromatic heterocycles. The first-order chi connectivity index (χ1) is 9.55. The van der Waals surface area contributed by atoms with Gasteiger partial charge in [-0.2, -0.15) is 0 Å². The topological polar surface area (TPSA) is 29.5 Å². The van der Waals surface area contributed by atoms with Crippen LogP contribution in [0, 0.1) is 0 Å². The molecule has 1 N–H and O–H groups in total. The van der Waals surface area contributed by atoms with Gasteiger partial charge in [0.1, 0.15) is 0 Å². The fourth-order valence-electron chi connectivity index (χ4n) is 2.70. The van der Waals surface area contributed by atoms with E-state index in [0.29, 0.717) is 0 Å². The molecule has 0 aromatic carbocycles. The highest BCUT2D eigenvalue weighted by atomic mass is 28.4. The van der Waals surface area contributed by atoms with Crippen molar-refractivity contribution in [2.75, 3.05) is 0 Å². The Kier molecular flexibility index (Phi) is 11.5. The Morgan fingerprint density at radius 1 is 1.00 bits per heavy atom. The van der Waals surface area contributed by atoms with Crippen molar-refractivity contribution in [3.63, 3.8) is 0 Å². The fraction of sp³-hybridized carbons (Fsp3) is 0.882. The van der Waals surface area contributed by atoms with E-state index in [1.54, 1.807) is 6.08 Å². The zero-order valence-corrected chi connectivity index (χ0v) is 15.2. The van der Waals surface area contributed by atoms with Crippen molar-refractivity contribution in [3.05, 3.63) is 12.7 Å². The molecule has 0 radical (unpaired) electrons. The van der Waals surface area contributed by atoms with Gasteiger partial charge in [0.25, 0.3) is 0 Å². The van der Waals surface area contributed by atoms with Crippen LogP contribution in [0.4, 0.5) is 0 Å². The normalized spacial score (nSPS) is 15.1. The van der Waals surface area contributed by atoms with Crippen LogP contribution < -0.4 is 0 Å². The first-order valence-electron chi connectivity index (χ1n) is 8.53. The number of hydrogen-bond donors (Lipinski definition) is 1. The molecule has 0 aliphatic carbocycles. The van der Waals surface area contributed by atoms with Gasteiger partial charge in [0, 0.05) is 0 Å². The van der Waals surface area contributed by atoms with Crippen molar-refractivity contribution in [2.24, 2.45) is 0 Å². The predicted octanol–water partition coefficient (Wildman–Crippen LogP) is 5.28. The van der Waals surface area contributed by atoms with E-state index in [1.807, 2.05) is 6.92 Å². The van der Waals surface area contributed by atoms with Crippen LogP contribution in [0.25, 0.3) is 0 Å². The van der Waals surface area contributed by atoms with Gasteiger partial charge in [-0.05, 0) is 25.1 Å². The molecule has 0 bridgehead atoms. The third-order valence-electron chi connectivity index (χ3n) is 4.12. The third kappa shape index (κ3) is 7.60. The fourth-order valence-corrected chi connectivity index (χ4v) is 7.73. The molecular formula is C17H36O2Si. The van der Waals surface area contributed by atoms with E-state index >= 15 is 0 Å². The molecule has 0 spiro atoms. The summed E-state index contributed by atoms with van der Waals surface area (Å²) >= 11 is 0. The van der Waals surface area contributed by atoms with E-state index in [2.05, 4.69) is 27.4 Å². The Hall–Kier alpha value is -0.123. The molecule has 0 saturated carbocycles. The second-order valence-electron chi connectivity index (χ2n) is 6.04. The van der Waals surface area contributed by atoms with Gasteiger partial charge in [0.15, 0.2) is 8.32 Å². The molecule has 2 unspecified atom stereocenters. The summed E-state index contributed by atoms with van der Waals surface area (Å²) in [4.78, 5) is 0. The average molecular weight is 301 g/mol. The highest BCUT2D eigenvalue weighted by molar-refractivity contribution is 6.73. The first-order valence-corrected chi connectivity index (χ1v) is 11.1. The van der Waals surface area contributed by atoms with Gasteiger partial charge < -0.3 is 9.53 Å². The lowest BCUT2D eigenvalue weighted by atomic mass is 10.2. The zero-order chi connectivity index (χ0) is 15.4. The number of aliphatic hydroxyl groups excluding tert-OH is 1. The van der Waals surface area contributed by atoms with Crippen molar-refractivity contribution in [1.82, 2.24) is 0 Å². The third-order valence-corrected chi connectivity index (χ3v) is 8.78. The lowest BCUT2D eigenvalue weighted by molar-refractivity contribution is 0.0704. The minimum atomic E-state index is -1.71. The van der Waals surface area contributed by atoms with Crippen LogP contribution in [0.5, 0.6) is 0 Å². The van der Waals surface area contributed by atoms with Gasteiger partial charge in [-0.1, -0.05) is 65.4 Å². The Bertz CT molecular complexity index is 221. The summed E-state index contributed by atoms with van der Waals surface area (Å²) in [6.07, 6.45) is 8.43. The van der Waals surface area contributed by atoms with E-state index in [-0.39, 0.29) is 6.10 Å². The number of hydrogen-bond acceptors (Lipinski definition) is 2. The largest absolute Gasteiger partial charge is 0.411 e. The second kappa shape index (κ2) is 11.5. The molecule has 0 aliphatic rings. The summed E-state index contributed by atoms with van der Waals surface area (Å²) in [5, 5.41) is 9.95. The van der Waals surface area contributed by atoms with Gasteiger partial charge in [0.2, 0.25) is 0 Å². The molecule has 20 heavy (non-hydrogen) atoms. The second-order valence-corrected chi connectivity index (χ2v) is 10.1. The molecular weight excluding hydrogens is 264 g/mol. The van der Waals surface area contributed by atoms with Crippen LogP contribution in [0.2, 0.25) is 18.1 Å². The number of rotatable bonds is 13. The maximum atomic E-state index is 9.95. The summed E-state index contributed by atoms with van der Waals surface area (Å²) in [6.45, 7) is 12.4. The minimum absolute atomic E-state index is 0.107. The Morgan fingerprint density at radius 2 is 1.40 bits per heavy atom. The van der Waals surface area contributed by atoms with E-state index < -0.39 is 14.4 Å². The van der Waals surface area contributed by atoms with Crippen molar-refractivity contribution < 1.29 is 9.53 Å².